The maximum atomic E-state index is 13.5. The van der Waals surface area contributed by atoms with E-state index >= 15 is 0 Å². The van der Waals surface area contributed by atoms with Crippen LogP contribution in [0.15, 0.2) is 24.3 Å². The van der Waals surface area contributed by atoms with Gasteiger partial charge in [0, 0.05) is 12.0 Å². The Bertz CT molecular complexity index is 350. The Balaban J connectivity index is 2.06. The Morgan fingerprint density at radius 2 is 2.23 bits per heavy atom. The highest BCUT2D eigenvalue weighted by Crippen LogP contribution is 2.56. The van der Waals surface area contributed by atoms with E-state index in [-0.39, 0.29) is 11.2 Å². The van der Waals surface area contributed by atoms with Crippen molar-refractivity contribution in [3.05, 3.63) is 35.6 Å². The van der Waals surface area contributed by atoms with Crippen LogP contribution in [-0.2, 0) is 5.41 Å². The van der Waals surface area contributed by atoms with E-state index in [0.29, 0.717) is 5.92 Å². The Morgan fingerprint density at radius 3 is 2.85 bits per heavy atom. The van der Waals surface area contributed by atoms with Crippen molar-refractivity contribution in [2.75, 3.05) is 13.1 Å². The maximum absolute atomic E-state index is 13.5. The van der Waals surface area contributed by atoms with Gasteiger partial charge in [-0.25, -0.2) is 4.39 Å². The predicted octanol–water partition coefficient (Wildman–Crippen LogP) is 1.69. The highest BCUT2D eigenvalue weighted by molar-refractivity contribution is 5.37. The lowest BCUT2D eigenvalue weighted by Crippen LogP contribution is -2.20. The molecule has 2 fully saturated rings. The van der Waals surface area contributed by atoms with Crippen molar-refractivity contribution in [2.24, 2.45) is 5.92 Å². The van der Waals surface area contributed by atoms with Crippen molar-refractivity contribution >= 4 is 0 Å². The molecule has 0 bridgehead atoms. The summed E-state index contributed by atoms with van der Waals surface area (Å²) in [5.41, 5.74) is 1.08. The second kappa shape index (κ2) is 2.32. The van der Waals surface area contributed by atoms with Crippen LogP contribution >= 0.6 is 0 Å². The highest BCUT2D eigenvalue weighted by atomic mass is 19.1. The molecule has 2 heteroatoms. The minimum Gasteiger partial charge on any atom is -0.316 e. The summed E-state index contributed by atoms with van der Waals surface area (Å²) in [5, 5.41) is 3.32. The number of benzene rings is 1. The van der Waals surface area contributed by atoms with Gasteiger partial charge in [0.25, 0.3) is 0 Å². The molecule has 0 spiro atoms. The summed E-state index contributed by atoms with van der Waals surface area (Å²) < 4.78 is 13.5. The van der Waals surface area contributed by atoms with Gasteiger partial charge < -0.3 is 5.32 Å². The molecular formula is C11H12FN. The largest absolute Gasteiger partial charge is 0.316 e. The van der Waals surface area contributed by atoms with Gasteiger partial charge >= 0.3 is 0 Å². The first-order chi connectivity index (χ1) is 6.33. The average Bonchev–Trinajstić information content (AvgIpc) is 2.70. The van der Waals surface area contributed by atoms with Crippen molar-refractivity contribution in [2.45, 2.75) is 11.8 Å². The number of nitrogens with one attached hydrogen (secondary N) is 1. The third-order valence-electron chi connectivity index (χ3n) is 3.47. The smallest absolute Gasteiger partial charge is 0.127 e. The van der Waals surface area contributed by atoms with E-state index in [2.05, 4.69) is 5.32 Å². The topological polar surface area (TPSA) is 12.0 Å². The van der Waals surface area contributed by atoms with Crippen molar-refractivity contribution in [3.8, 4) is 0 Å². The fourth-order valence-electron chi connectivity index (χ4n) is 2.62. The minimum absolute atomic E-state index is 0.0336. The van der Waals surface area contributed by atoms with Crippen LogP contribution in [0.25, 0.3) is 0 Å². The monoisotopic (exact) mass is 177 g/mol. The Kier molecular flexibility index (Phi) is 1.34. The zero-order valence-corrected chi connectivity index (χ0v) is 7.39. The molecule has 0 radical (unpaired) electrons. The molecule has 1 heterocycles. The lowest BCUT2D eigenvalue weighted by molar-refractivity contribution is 0.569. The predicted molar refractivity (Wildman–Crippen MR) is 49.1 cm³/mol. The average molecular weight is 177 g/mol. The van der Waals surface area contributed by atoms with Gasteiger partial charge in [-0.15, -0.1) is 0 Å². The molecule has 0 amide bonds. The van der Waals surface area contributed by atoms with Crippen molar-refractivity contribution in [1.29, 1.82) is 0 Å². The van der Waals surface area contributed by atoms with Crippen LogP contribution in [0.1, 0.15) is 12.0 Å². The van der Waals surface area contributed by atoms with Gasteiger partial charge in [-0.05, 0) is 30.5 Å². The first kappa shape index (κ1) is 7.51. The number of halogens is 1. The van der Waals surface area contributed by atoms with Crippen molar-refractivity contribution in [1.82, 2.24) is 5.32 Å². The van der Waals surface area contributed by atoms with Crippen molar-refractivity contribution in [3.63, 3.8) is 0 Å². The molecule has 0 unspecified atom stereocenters. The minimum atomic E-state index is -0.0336. The van der Waals surface area contributed by atoms with Crippen LogP contribution in [0.3, 0.4) is 0 Å². The van der Waals surface area contributed by atoms with Crippen molar-refractivity contribution < 1.29 is 4.39 Å². The summed E-state index contributed by atoms with van der Waals surface area (Å²) in [4.78, 5) is 0. The molecule has 1 saturated carbocycles. The van der Waals surface area contributed by atoms with Crippen LogP contribution in [0.5, 0.6) is 0 Å². The lowest BCUT2D eigenvalue weighted by atomic mass is 9.95. The fourth-order valence-corrected chi connectivity index (χ4v) is 2.62. The van der Waals surface area contributed by atoms with Gasteiger partial charge in [0.1, 0.15) is 5.82 Å². The molecule has 2 atom stereocenters. The molecular weight excluding hydrogens is 165 g/mol. The van der Waals surface area contributed by atoms with Crippen LogP contribution in [-0.4, -0.2) is 13.1 Å². The molecule has 1 saturated heterocycles. The summed E-state index contributed by atoms with van der Waals surface area (Å²) in [6.45, 7) is 2.02. The van der Waals surface area contributed by atoms with Crippen LogP contribution in [0.2, 0.25) is 0 Å². The molecule has 1 aliphatic carbocycles. The SMILES string of the molecule is Fc1ccccc1[C@@]12CNC[C@@H]1C2. The van der Waals surface area contributed by atoms with Crippen LogP contribution < -0.4 is 5.32 Å². The number of hydrogen-bond donors (Lipinski definition) is 1. The molecule has 1 N–H and O–H groups in total. The number of rotatable bonds is 1. The van der Waals surface area contributed by atoms with Gasteiger partial charge in [-0.1, -0.05) is 18.2 Å². The second-order valence-corrected chi connectivity index (χ2v) is 4.17. The summed E-state index contributed by atoms with van der Waals surface area (Å²) in [5.74, 6) is 0.651. The fraction of sp³-hybridized carbons (Fsp3) is 0.455. The van der Waals surface area contributed by atoms with Gasteiger partial charge in [0.2, 0.25) is 0 Å². The van der Waals surface area contributed by atoms with Crippen LogP contribution in [0, 0.1) is 11.7 Å². The standard InChI is InChI=1S/C11H12FN/c12-10-4-2-1-3-9(10)11-5-8(11)6-13-7-11/h1-4,8,13H,5-7H2/t8-,11-/m0/s1. The van der Waals surface area contributed by atoms with E-state index in [0.717, 1.165) is 18.7 Å². The second-order valence-electron chi connectivity index (χ2n) is 4.17. The van der Waals surface area contributed by atoms with Crippen LogP contribution in [0.4, 0.5) is 4.39 Å². The number of piperidine rings is 1. The van der Waals surface area contributed by atoms with E-state index in [1.807, 2.05) is 12.1 Å². The molecule has 1 aliphatic heterocycles. The lowest BCUT2D eigenvalue weighted by Gasteiger charge is -2.12. The van der Waals surface area contributed by atoms with Gasteiger partial charge in [-0.3, -0.25) is 0 Å². The Hall–Kier alpha value is -0.890. The molecule has 13 heavy (non-hydrogen) atoms. The molecule has 1 aromatic rings. The normalized spacial score (nSPS) is 35.9. The first-order valence-electron chi connectivity index (χ1n) is 4.79. The molecule has 0 aromatic heterocycles. The third kappa shape index (κ3) is 0.894. The Morgan fingerprint density at radius 1 is 1.38 bits per heavy atom. The zero-order chi connectivity index (χ0) is 8.89. The van der Waals surface area contributed by atoms with E-state index in [1.54, 1.807) is 12.1 Å². The number of hydrogen-bond acceptors (Lipinski definition) is 1. The first-order valence-corrected chi connectivity index (χ1v) is 4.79. The van der Waals surface area contributed by atoms with E-state index in [1.165, 1.54) is 6.42 Å². The van der Waals surface area contributed by atoms with Gasteiger partial charge in [0.15, 0.2) is 0 Å². The van der Waals surface area contributed by atoms with E-state index < -0.39 is 0 Å². The molecule has 3 rings (SSSR count). The summed E-state index contributed by atoms with van der Waals surface area (Å²) in [6.07, 6.45) is 1.17. The quantitative estimate of drug-likeness (QED) is 0.688. The molecule has 1 nitrogen and oxygen atoms in total. The summed E-state index contributed by atoms with van der Waals surface area (Å²) in [6, 6.07) is 7.19. The molecule has 1 aromatic carbocycles. The summed E-state index contributed by atoms with van der Waals surface area (Å²) in [7, 11) is 0. The molecule has 2 aliphatic rings. The van der Waals surface area contributed by atoms with E-state index in [9.17, 15) is 4.39 Å². The summed E-state index contributed by atoms with van der Waals surface area (Å²) >= 11 is 0. The zero-order valence-electron chi connectivity index (χ0n) is 7.39. The van der Waals surface area contributed by atoms with Gasteiger partial charge in [-0.2, -0.15) is 0 Å². The molecule has 68 valence electrons. The Labute approximate surface area is 77.0 Å². The highest BCUT2D eigenvalue weighted by Gasteiger charge is 2.58. The van der Waals surface area contributed by atoms with Gasteiger partial charge in [0.05, 0.1) is 0 Å². The van der Waals surface area contributed by atoms with E-state index in [4.69, 9.17) is 0 Å². The third-order valence-corrected chi connectivity index (χ3v) is 3.47. The maximum Gasteiger partial charge on any atom is 0.127 e. The number of fused-ring (bicyclic) bond motifs is 1.